The van der Waals surface area contributed by atoms with Crippen molar-refractivity contribution in [1.82, 2.24) is 5.32 Å². The van der Waals surface area contributed by atoms with Crippen LogP contribution in [-0.2, 0) is 4.74 Å². The summed E-state index contributed by atoms with van der Waals surface area (Å²) in [5.74, 6) is -56.4. The van der Waals surface area contributed by atoms with Crippen LogP contribution in [0.1, 0.15) is 33.6 Å². The maximum Gasteiger partial charge on any atom is 0.460 e. The normalized spacial score (nSPS) is 15.9. The van der Waals surface area contributed by atoms with Gasteiger partial charge in [-0.1, -0.05) is 6.92 Å². The topological polar surface area (TPSA) is 33.6 Å². The molecule has 0 aliphatic rings. The quantitative estimate of drug-likeness (QED) is 0.149. The highest BCUT2D eigenvalue weighted by Gasteiger charge is 2.95. The predicted octanol–water partition coefficient (Wildman–Crippen LogP) is 7.17. The molecule has 0 unspecified atom stereocenters. The Kier molecular flexibility index (Phi) is 10.1. The number of hydrogen-bond acceptors (Lipinski definition) is 2. The number of amidine groups is 1. The zero-order valence-electron chi connectivity index (χ0n) is 18.7. The van der Waals surface area contributed by atoms with Gasteiger partial charge >= 0.3 is 47.6 Å². The zero-order valence-corrected chi connectivity index (χ0v) is 18.7. The second-order valence-corrected chi connectivity index (χ2v) is 7.73. The number of aliphatic imine (C=N–C) groups is 1. The van der Waals surface area contributed by atoms with E-state index in [4.69, 9.17) is 0 Å². The Labute approximate surface area is 197 Å². The van der Waals surface area contributed by atoms with E-state index in [-0.39, 0.29) is 6.54 Å². The SMILES string of the molecule is CCCN=C(NC(C)C)OCCC(F)(F)C(F)(F)C(F)(F)C(F)(F)C(F)(F)C(F)(F)C(F)(F)C(F)(F)F. The van der Waals surface area contributed by atoms with E-state index in [1.165, 1.54) is 13.8 Å². The van der Waals surface area contributed by atoms with Crippen molar-refractivity contribution in [2.45, 2.75) is 87.3 Å². The molecule has 0 saturated heterocycles. The van der Waals surface area contributed by atoms with E-state index in [1.807, 2.05) is 0 Å². The van der Waals surface area contributed by atoms with Gasteiger partial charge in [0, 0.05) is 12.6 Å². The summed E-state index contributed by atoms with van der Waals surface area (Å²) in [5.41, 5.74) is 0. The fraction of sp³-hybridized carbons (Fsp3) is 0.941. The van der Waals surface area contributed by atoms with Gasteiger partial charge in [0.1, 0.15) is 0 Å². The molecule has 3 nitrogen and oxygen atoms in total. The van der Waals surface area contributed by atoms with Gasteiger partial charge in [-0.2, -0.15) is 74.6 Å². The highest BCUT2D eigenvalue weighted by Crippen LogP contribution is 2.64. The fourth-order valence-corrected chi connectivity index (χ4v) is 2.22. The van der Waals surface area contributed by atoms with Crippen LogP contribution in [0.15, 0.2) is 4.99 Å². The van der Waals surface area contributed by atoms with Crippen molar-refractivity contribution in [3.63, 3.8) is 0 Å². The van der Waals surface area contributed by atoms with Crippen LogP contribution in [0.3, 0.4) is 0 Å². The molecule has 0 atom stereocenters. The van der Waals surface area contributed by atoms with Crippen LogP contribution in [-0.4, -0.2) is 72.8 Å². The van der Waals surface area contributed by atoms with E-state index >= 15 is 0 Å². The molecule has 0 amide bonds. The Morgan fingerprint density at radius 3 is 1.38 bits per heavy atom. The van der Waals surface area contributed by atoms with Crippen molar-refractivity contribution in [1.29, 1.82) is 0 Å². The molecule has 0 spiro atoms. The van der Waals surface area contributed by atoms with Crippen LogP contribution >= 0.6 is 0 Å². The molecule has 0 aromatic heterocycles. The first kappa shape index (κ1) is 35.1. The van der Waals surface area contributed by atoms with Crippen LogP contribution < -0.4 is 5.32 Å². The van der Waals surface area contributed by atoms with E-state index in [2.05, 4.69) is 15.0 Å². The van der Waals surface area contributed by atoms with Gasteiger partial charge in [-0.05, 0) is 20.3 Å². The molecule has 222 valence electrons. The maximum absolute atomic E-state index is 13.8. The van der Waals surface area contributed by atoms with Crippen LogP contribution in [0.4, 0.5) is 74.6 Å². The molecule has 0 bridgehead atoms. The third-order valence-corrected chi connectivity index (χ3v) is 4.33. The number of nitrogens with zero attached hydrogens (tertiary/aromatic N) is 1. The van der Waals surface area contributed by atoms with Crippen molar-refractivity contribution in [2.24, 2.45) is 4.99 Å². The molecule has 0 aliphatic heterocycles. The Morgan fingerprint density at radius 2 is 1.03 bits per heavy atom. The predicted molar refractivity (Wildman–Crippen MR) is 92.1 cm³/mol. The molecule has 0 aromatic carbocycles. The molecule has 0 saturated carbocycles. The number of ether oxygens (including phenoxy) is 1. The summed E-state index contributed by atoms with van der Waals surface area (Å²) in [6.45, 7) is 2.60. The van der Waals surface area contributed by atoms with Gasteiger partial charge in [-0.15, -0.1) is 0 Å². The highest BCUT2D eigenvalue weighted by molar-refractivity contribution is 5.73. The van der Waals surface area contributed by atoms with Gasteiger partial charge in [0.25, 0.3) is 6.02 Å². The molecule has 1 N–H and O–H groups in total. The van der Waals surface area contributed by atoms with Crippen LogP contribution in [0.25, 0.3) is 0 Å². The molecule has 0 radical (unpaired) electrons. The molecule has 37 heavy (non-hydrogen) atoms. The minimum Gasteiger partial charge on any atom is -0.465 e. The van der Waals surface area contributed by atoms with Crippen molar-refractivity contribution in [3.8, 4) is 0 Å². The number of alkyl halides is 17. The van der Waals surface area contributed by atoms with E-state index in [0.717, 1.165) is 0 Å². The number of hydrogen-bond donors (Lipinski definition) is 1. The average molecular weight is 590 g/mol. The summed E-state index contributed by atoms with van der Waals surface area (Å²) >= 11 is 0. The van der Waals surface area contributed by atoms with E-state index in [1.54, 1.807) is 6.92 Å². The number of nitrogens with one attached hydrogen (secondary N) is 1. The van der Waals surface area contributed by atoms with E-state index in [0.29, 0.717) is 6.42 Å². The number of rotatable bonds is 12. The summed E-state index contributed by atoms with van der Waals surface area (Å²) in [6.07, 6.45) is -10.2. The zero-order chi connectivity index (χ0) is 30.1. The first-order chi connectivity index (χ1) is 16.1. The summed E-state index contributed by atoms with van der Waals surface area (Å²) in [4.78, 5) is 3.59. The molecule has 0 rings (SSSR count). The first-order valence-electron chi connectivity index (χ1n) is 9.75. The maximum atomic E-state index is 13.8. The largest absolute Gasteiger partial charge is 0.465 e. The standard InChI is InChI=1S/C17H19F17N2O/c1-4-6-35-9(36-8(2)3)37-7-5-10(18,19)11(20,21)12(22,23)13(24,25)14(26,27)15(28,29)16(30,31)17(32,33)34/h8H,4-7H2,1-3H3,(H,35,36). The fourth-order valence-electron chi connectivity index (χ4n) is 2.22. The third-order valence-electron chi connectivity index (χ3n) is 4.33. The van der Waals surface area contributed by atoms with Crippen molar-refractivity contribution in [2.75, 3.05) is 13.2 Å². The van der Waals surface area contributed by atoms with Gasteiger partial charge in [0.05, 0.1) is 13.0 Å². The van der Waals surface area contributed by atoms with E-state index in [9.17, 15) is 74.6 Å². The molecular weight excluding hydrogens is 571 g/mol. The van der Waals surface area contributed by atoms with Crippen molar-refractivity contribution in [3.05, 3.63) is 0 Å². The summed E-state index contributed by atoms with van der Waals surface area (Å²) in [7, 11) is 0. The summed E-state index contributed by atoms with van der Waals surface area (Å²) < 4.78 is 229. The molecular formula is C17H19F17N2O. The second-order valence-electron chi connectivity index (χ2n) is 7.73. The minimum atomic E-state index is -8.64. The summed E-state index contributed by atoms with van der Waals surface area (Å²) in [6, 6.07) is -1.17. The lowest BCUT2D eigenvalue weighted by atomic mass is 9.88. The van der Waals surface area contributed by atoms with Crippen LogP contribution in [0, 0.1) is 0 Å². The van der Waals surface area contributed by atoms with E-state index < -0.39 is 72.7 Å². The molecule has 0 aromatic rings. The van der Waals surface area contributed by atoms with Gasteiger partial charge < -0.3 is 10.1 Å². The Morgan fingerprint density at radius 1 is 0.649 bits per heavy atom. The Bertz CT molecular complexity index is 789. The van der Waals surface area contributed by atoms with Crippen LogP contribution in [0.5, 0.6) is 0 Å². The molecule has 0 fully saturated rings. The second kappa shape index (κ2) is 10.7. The lowest BCUT2D eigenvalue weighted by Crippen LogP contribution is -2.74. The Balaban J connectivity index is 6.24. The Hall–Kier alpha value is -1.92. The van der Waals surface area contributed by atoms with Gasteiger partial charge in [0.15, 0.2) is 0 Å². The first-order valence-corrected chi connectivity index (χ1v) is 9.75. The lowest BCUT2D eigenvalue weighted by molar-refractivity contribution is -0.461. The van der Waals surface area contributed by atoms with Crippen molar-refractivity contribution >= 4 is 6.02 Å². The van der Waals surface area contributed by atoms with Crippen LogP contribution in [0.2, 0.25) is 0 Å². The van der Waals surface area contributed by atoms with Gasteiger partial charge in [-0.25, -0.2) is 4.99 Å². The molecule has 20 heteroatoms. The van der Waals surface area contributed by atoms with Gasteiger partial charge in [-0.3, -0.25) is 0 Å². The highest BCUT2D eigenvalue weighted by atomic mass is 19.4. The monoisotopic (exact) mass is 590 g/mol. The lowest BCUT2D eigenvalue weighted by Gasteiger charge is -2.42. The minimum absolute atomic E-state index is 0.0578. The average Bonchev–Trinajstić information content (AvgIpc) is 2.69. The smallest absolute Gasteiger partial charge is 0.460 e. The molecule has 0 aliphatic carbocycles. The van der Waals surface area contributed by atoms with Crippen molar-refractivity contribution < 1.29 is 79.4 Å². The third kappa shape index (κ3) is 6.06. The summed E-state index contributed by atoms with van der Waals surface area (Å²) in [5, 5.41) is 2.34. The number of halogens is 17. The molecule has 0 heterocycles. The van der Waals surface area contributed by atoms with Gasteiger partial charge in [0.2, 0.25) is 0 Å².